The molecule has 0 aromatic carbocycles. The first-order chi connectivity index (χ1) is 6.68. The van der Waals surface area contributed by atoms with Crippen LogP contribution in [0.3, 0.4) is 0 Å². The van der Waals surface area contributed by atoms with Crippen molar-refractivity contribution in [3.05, 3.63) is 23.1 Å². The number of halogens is 1. The Morgan fingerprint density at radius 2 is 2.36 bits per heavy atom. The van der Waals surface area contributed by atoms with E-state index in [0.717, 1.165) is 30.1 Å². The average molecular weight is 234 g/mol. The molecule has 2 N–H and O–H groups in total. The highest BCUT2D eigenvalue weighted by atomic mass is 35.5. The zero-order chi connectivity index (χ0) is 10.4. The number of rotatable bonds is 6. The first-order valence-electron chi connectivity index (χ1n) is 4.76. The summed E-state index contributed by atoms with van der Waals surface area (Å²) >= 11 is 7.50. The van der Waals surface area contributed by atoms with Gasteiger partial charge in [0.1, 0.15) is 5.76 Å². The van der Waals surface area contributed by atoms with Crippen molar-refractivity contribution in [1.82, 2.24) is 0 Å². The van der Waals surface area contributed by atoms with Gasteiger partial charge in [-0.15, -0.1) is 0 Å². The molecular weight excluding hydrogens is 218 g/mol. The highest BCUT2D eigenvalue weighted by Crippen LogP contribution is 2.19. The Bertz CT molecular complexity index is 262. The van der Waals surface area contributed by atoms with Crippen molar-refractivity contribution in [1.29, 1.82) is 0 Å². The summed E-state index contributed by atoms with van der Waals surface area (Å²) < 4.78 is 5.23. The molecular formula is C10H16ClNOS. The van der Waals surface area contributed by atoms with Gasteiger partial charge in [0.2, 0.25) is 0 Å². The summed E-state index contributed by atoms with van der Waals surface area (Å²) in [6.07, 6.45) is 2.25. The third-order valence-electron chi connectivity index (χ3n) is 1.82. The fraction of sp³-hybridized carbons (Fsp3) is 0.600. The summed E-state index contributed by atoms with van der Waals surface area (Å²) in [7, 11) is 0. The topological polar surface area (TPSA) is 39.2 Å². The third-order valence-corrected chi connectivity index (χ3v) is 3.09. The van der Waals surface area contributed by atoms with E-state index in [4.69, 9.17) is 21.8 Å². The van der Waals surface area contributed by atoms with E-state index >= 15 is 0 Å². The predicted molar refractivity (Wildman–Crippen MR) is 62.8 cm³/mol. The smallest absolute Gasteiger partial charge is 0.193 e. The van der Waals surface area contributed by atoms with Crippen molar-refractivity contribution < 1.29 is 4.42 Å². The normalized spacial score (nSPS) is 13.1. The number of nitrogens with two attached hydrogens (primary N) is 1. The molecule has 1 heterocycles. The molecule has 1 rings (SSSR count). The Labute approximate surface area is 94.2 Å². The van der Waals surface area contributed by atoms with Gasteiger partial charge in [0.15, 0.2) is 5.22 Å². The number of furan rings is 1. The molecule has 0 saturated carbocycles. The lowest BCUT2D eigenvalue weighted by atomic mass is 10.2. The van der Waals surface area contributed by atoms with Crippen LogP contribution in [0.5, 0.6) is 0 Å². The monoisotopic (exact) mass is 233 g/mol. The van der Waals surface area contributed by atoms with Gasteiger partial charge in [0.25, 0.3) is 0 Å². The first-order valence-corrected chi connectivity index (χ1v) is 6.29. The molecule has 0 aliphatic carbocycles. The van der Waals surface area contributed by atoms with Crippen molar-refractivity contribution in [2.24, 2.45) is 5.73 Å². The van der Waals surface area contributed by atoms with Crippen LogP contribution in [0.15, 0.2) is 16.5 Å². The number of hydrogen-bond donors (Lipinski definition) is 1. The molecule has 0 bridgehead atoms. The zero-order valence-electron chi connectivity index (χ0n) is 8.33. The fourth-order valence-electron chi connectivity index (χ4n) is 1.11. The molecule has 14 heavy (non-hydrogen) atoms. The van der Waals surface area contributed by atoms with Crippen LogP contribution < -0.4 is 5.73 Å². The highest BCUT2D eigenvalue weighted by molar-refractivity contribution is 7.98. The summed E-state index contributed by atoms with van der Waals surface area (Å²) in [5, 5.41) is 0.469. The van der Waals surface area contributed by atoms with Crippen molar-refractivity contribution in [2.75, 3.05) is 5.75 Å². The summed E-state index contributed by atoms with van der Waals surface area (Å²) in [5.74, 6) is 2.96. The van der Waals surface area contributed by atoms with E-state index in [9.17, 15) is 0 Å². The lowest BCUT2D eigenvalue weighted by molar-refractivity contribution is 0.532. The van der Waals surface area contributed by atoms with Crippen molar-refractivity contribution >= 4 is 23.4 Å². The molecule has 0 fully saturated rings. The van der Waals surface area contributed by atoms with Gasteiger partial charge in [-0.3, -0.25) is 0 Å². The minimum atomic E-state index is 0.314. The first kappa shape index (κ1) is 12.0. The average Bonchev–Trinajstić information content (AvgIpc) is 2.50. The molecule has 1 aromatic heterocycles. The van der Waals surface area contributed by atoms with E-state index in [1.54, 1.807) is 6.07 Å². The van der Waals surface area contributed by atoms with Gasteiger partial charge in [-0.25, -0.2) is 0 Å². The molecule has 0 amide bonds. The van der Waals surface area contributed by atoms with Crippen LogP contribution in [0, 0.1) is 0 Å². The van der Waals surface area contributed by atoms with E-state index < -0.39 is 0 Å². The molecule has 4 heteroatoms. The standard InChI is InChI=1S/C10H16ClNOS/c1-8(12)3-2-6-14-7-9-4-5-10(11)13-9/h4-5,8H,2-3,6-7,12H2,1H3. The van der Waals surface area contributed by atoms with E-state index in [1.807, 2.05) is 24.8 Å². The molecule has 0 saturated heterocycles. The second-order valence-corrected chi connectivity index (χ2v) is 4.86. The molecule has 1 aromatic rings. The van der Waals surface area contributed by atoms with E-state index in [0.29, 0.717) is 11.3 Å². The third kappa shape index (κ3) is 4.94. The summed E-state index contributed by atoms with van der Waals surface area (Å²) in [6.45, 7) is 2.04. The number of thioether (sulfide) groups is 1. The zero-order valence-corrected chi connectivity index (χ0v) is 9.90. The molecule has 1 unspecified atom stereocenters. The van der Waals surface area contributed by atoms with Crippen molar-refractivity contribution in [3.63, 3.8) is 0 Å². The minimum absolute atomic E-state index is 0.314. The molecule has 0 spiro atoms. The molecule has 0 radical (unpaired) electrons. The van der Waals surface area contributed by atoms with E-state index in [-0.39, 0.29) is 0 Å². The second-order valence-electron chi connectivity index (χ2n) is 3.38. The van der Waals surface area contributed by atoms with Gasteiger partial charge in [-0.2, -0.15) is 11.8 Å². The van der Waals surface area contributed by atoms with Crippen molar-refractivity contribution in [2.45, 2.75) is 31.6 Å². The molecule has 1 atom stereocenters. The fourth-order valence-corrected chi connectivity index (χ4v) is 2.14. The lowest BCUT2D eigenvalue weighted by Crippen LogP contribution is -2.14. The Kier molecular flexibility index (Phi) is 5.45. The second kappa shape index (κ2) is 6.38. The van der Waals surface area contributed by atoms with Gasteiger partial charge in [0.05, 0.1) is 5.75 Å². The Morgan fingerprint density at radius 3 is 2.93 bits per heavy atom. The summed E-state index contributed by atoms with van der Waals surface area (Å²) in [5.41, 5.74) is 5.64. The molecule has 80 valence electrons. The van der Waals surface area contributed by atoms with Gasteiger partial charge in [0, 0.05) is 6.04 Å². The number of hydrogen-bond acceptors (Lipinski definition) is 3. The highest BCUT2D eigenvalue weighted by Gasteiger charge is 2.00. The van der Waals surface area contributed by atoms with Gasteiger partial charge in [-0.1, -0.05) is 0 Å². The van der Waals surface area contributed by atoms with Crippen LogP contribution >= 0.6 is 23.4 Å². The maximum Gasteiger partial charge on any atom is 0.193 e. The van der Waals surface area contributed by atoms with Gasteiger partial charge < -0.3 is 10.2 Å². The SMILES string of the molecule is CC(N)CCCSCc1ccc(Cl)o1. The largest absolute Gasteiger partial charge is 0.449 e. The van der Waals surface area contributed by atoms with Crippen LogP contribution in [-0.4, -0.2) is 11.8 Å². The van der Waals surface area contributed by atoms with Gasteiger partial charge in [-0.05, 0) is 49.3 Å². The summed E-state index contributed by atoms with van der Waals surface area (Å²) in [6, 6.07) is 4.01. The maximum absolute atomic E-state index is 5.65. The molecule has 0 aliphatic heterocycles. The molecule has 0 aliphatic rings. The lowest BCUT2D eigenvalue weighted by Gasteiger charge is -2.03. The van der Waals surface area contributed by atoms with E-state index in [2.05, 4.69) is 0 Å². The van der Waals surface area contributed by atoms with Crippen molar-refractivity contribution in [3.8, 4) is 0 Å². The van der Waals surface area contributed by atoms with Crippen LogP contribution in [0.2, 0.25) is 5.22 Å². The van der Waals surface area contributed by atoms with Crippen LogP contribution in [0.1, 0.15) is 25.5 Å². The Hall–Kier alpha value is -0.120. The van der Waals surface area contributed by atoms with E-state index in [1.165, 1.54) is 0 Å². The van der Waals surface area contributed by atoms with Gasteiger partial charge >= 0.3 is 0 Å². The Balaban J connectivity index is 2.04. The van der Waals surface area contributed by atoms with Crippen LogP contribution in [-0.2, 0) is 5.75 Å². The van der Waals surface area contributed by atoms with Crippen LogP contribution in [0.4, 0.5) is 0 Å². The predicted octanol–water partition coefficient (Wildman–Crippen LogP) is 3.29. The maximum atomic E-state index is 5.65. The quantitative estimate of drug-likeness (QED) is 0.767. The Morgan fingerprint density at radius 1 is 1.57 bits per heavy atom. The molecule has 2 nitrogen and oxygen atoms in total. The minimum Gasteiger partial charge on any atom is -0.449 e. The summed E-state index contributed by atoms with van der Waals surface area (Å²) in [4.78, 5) is 0. The van der Waals surface area contributed by atoms with Crippen LogP contribution in [0.25, 0.3) is 0 Å².